The van der Waals surface area contributed by atoms with E-state index < -0.39 is 47.1 Å². The monoisotopic (exact) mass is 374 g/mol. The van der Waals surface area contributed by atoms with Gasteiger partial charge in [0.15, 0.2) is 0 Å². The molecule has 1 aliphatic heterocycles. The van der Waals surface area contributed by atoms with Gasteiger partial charge >= 0.3 is 12.1 Å². The van der Waals surface area contributed by atoms with Crippen molar-refractivity contribution < 1.29 is 31.5 Å². The van der Waals surface area contributed by atoms with Gasteiger partial charge in [-0.3, -0.25) is 9.78 Å². The second kappa shape index (κ2) is 5.95. The molecule has 0 saturated carbocycles. The lowest BCUT2D eigenvalue weighted by Gasteiger charge is -2.19. The number of fused-ring (bicyclic) bond motifs is 1. The number of rotatable bonds is 3. The van der Waals surface area contributed by atoms with Gasteiger partial charge in [-0.25, -0.2) is 8.42 Å². The topological polar surface area (TPSA) is 87.6 Å². The smallest absolute Gasteiger partial charge is 0.393 e. The number of alkyl halides is 3. The van der Waals surface area contributed by atoms with Crippen LogP contribution in [-0.4, -0.2) is 48.0 Å². The number of aromatic nitrogens is 1. The molecule has 10 heteroatoms. The summed E-state index contributed by atoms with van der Waals surface area (Å²) in [7, 11) is -4.28. The number of carboxylic acids is 1. The van der Waals surface area contributed by atoms with Crippen molar-refractivity contribution >= 4 is 26.8 Å². The Morgan fingerprint density at radius 1 is 1.24 bits per heavy atom. The number of halogens is 3. The first-order valence-corrected chi connectivity index (χ1v) is 8.69. The molecule has 1 N–H and O–H groups in total. The van der Waals surface area contributed by atoms with Gasteiger partial charge in [0.1, 0.15) is 0 Å². The molecule has 2 aromatic rings. The average molecular weight is 374 g/mol. The number of benzene rings is 1. The minimum absolute atomic E-state index is 0.167. The third-order valence-corrected chi connectivity index (χ3v) is 6.17. The minimum Gasteiger partial charge on any atom is -0.481 e. The first-order valence-electron chi connectivity index (χ1n) is 7.25. The van der Waals surface area contributed by atoms with E-state index in [4.69, 9.17) is 5.11 Å². The van der Waals surface area contributed by atoms with Crippen LogP contribution in [0.15, 0.2) is 41.6 Å². The lowest BCUT2D eigenvalue weighted by molar-refractivity contribution is -0.187. The Morgan fingerprint density at radius 2 is 1.96 bits per heavy atom. The second-order valence-corrected chi connectivity index (χ2v) is 7.67. The molecule has 0 aliphatic carbocycles. The molecule has 1 saturated heterocycles. The fourth-order valence-corrected chi connectivity index (χ4v) is 4.71. The van der Waals surface area contributed by atoms with Crippen molar-refractivity contribution in [2.75, 3.05) is 13.1 Å². The highest BCUT2D eigenvalue weighted by atomic mass is 32.2. The van der Waals surface area contributed by atoms with Crippen LogP contribution >= 0.6 is 0 Å². The van der Waals surface area contributed by atoms with Gasteiger partial charge in [0.25, 0.3) is 0 Å². The summed E-state index contributed by atoms with van der Waals surface area (Å²) in [5.41, 5.74) is 0. The normalized spacial score (nSPS) is 22.4. The Balaban J connectivity index is 2.05. The van der Waals surface area contributed by atoms with Gasteiger partial charge in [-0.2, -0.15) is 17.5 Å². The van der Waals surface area contributed by atoms with Gasteiger partial charge in [-0.05, 0) is 12.1 Å². The highest BCUT2D eigenvalue weighted by Crippen LogP contribution is 2.40. The molecule has 0 bridgehead atoms. The second-order valence-electron chi connectivity index (χ2n) is 5.77. The zero-order valence-corrected chi connectivity index (χ0v) is 13.5. The fourth-order valence-electron chi connectivity index (χ4n) is 3.00. The summed E-state index contributed by atoms with van der Waals surface area (Å²) >= 11 is 0. The molecule has 1 aliphatic rings. The van der Waals surface area contributed by atoms with Crippen molar-refractivity contribution in [3.05, 3.63) is 36.7 Å². The summed E-state index contributed by atoms with van der Waals surface area (Å²) in [6.07, 6.45) is -1.98. The molecular formula is C15H13F3N2O4S. The van der Waals surface area contributed by atoms with Gasteiger partial charge in [-0.1, -0.05) is 12.1 Å². The molecule has 0 unspecified atom stereocenters. The number of nitrogens with zero attached hydrogens (tertiary/aromatic N) is 2. The third kappa shape index (κ3) is 3.07. The Bertz CT molecular complexity index is 925. The van der Waals surface area contributed by atoms with Crippen LogP contribution in [-0.2, 0) is 14.8 Å². The van der Waals surface area contributed by atoms with Crippen LogP contribution in [0.25, 0.3) is 10.8 Å². The van der Waals surface area contributed by atoms with E-state index in [1.54, 1.807) is 6.07 Å². The molecule has 134 valence electrons. The van der Waals surface area contributed by atoms with E-state index in [2.05, 4.69) is 4.98 Å². The van der Waals surface area contributed by atoms with E-state index in [9.17, 15) is 26.4 Å². The van der Waals surface area contributed by atoms with E-state index in [1.807, 2.05) is 0 Å². The number of carboxylic acid groups (broad SMARTS) is 1. The van der Waals surface area contributed by atoms with Crippen molar-refractivity contribution in [3.63, 3.8) is 0 Å². The number of sulfonamides is 1. The minimum atomic E-state index is -4.80. The van der Waals surface area contributed by atoms with E-state index >= 15 is 0 Å². The molecule has 0 amide bonds. The lowest BCUT2D eigenvalue weighted by Crippen LogP contribution is -2.34. The van der Waals surface area contributed by atoms with Crippen LogP contribution in [0.5, 0.6) is 0 Å². The van der Waals surface area contributed by atoms with Crippen molar-refractivity contribution in [2.24, 2.45) is 11.8 Å². The van der Waals surface area contributed by atoms with Crippen LogP contribution in [0.1, 0.15) is 0 Å². The third-order valence-electron chi connectivity index (χ3n) is 4.28. The maximum atomic E-state index is 13.1. The van der Waals surface area contributed by atoms with Crippen LogP contribution in [0, 0.1) is 11.8 Å². The van der Waals surface area contributed by atoms with Crippen molar-refractivity contribution in [3.8, 4) is 0 Å². The molecule has 2 atom stereocenters. The molecular weight excluding hydrogens is 361 g/mol. The van der Waals surface area contributed by atoms with E-state index in [-0.39, 0.29) is 4.90 Å². The molecule has 0 radical (unpaired) electrons. The Morgan fingerprint density at radius 3 is 2.56 bits per heavy atom. The molecule has 25 heavy (non-hydrogen) atoms. The van der Waals surface area contributed by atoms with Crippen LogP contribution in [0.2, 0.25) is 0 Å². The van der Waals surface area contributed by atoms with Crippen molar-refractivity contribution in [2.45, 2.75) is 11.1 Å². The zero-order chi connectivity index (χ0) is 18.4. The van der Waals surface area contributed by atoms with E-state index in [0.29, 0.717) is 15.1 Å². The predicted octanol–water partition coefficient (Wildman–Crippen LogP) is 2.12. The maximum absolute atomic E-state index is 13.1. The standard InChI is InChI=1S/C15H13F3N2O4S/c16-15(17,18)12-8-20(7-11(12)14(21)22)25(23,24)13-3-1-2-9-6-19-5-4-10(9)13/h1-6,11-12H,7-8H2,(H,21,22)/t11-,12-/m1/s1. The molecule has 1 aromatic carbocycles. The fraction of sp³-hybridized carbons (Fsp3) is 0.333. The predicted molar refractivity (Wildman–Crippen MR) is 81.2 cm³/mol. The molecule has 1 aromatic heterocycles. The van der Waals surface area contributed by atoms with Gasteiger partial charge in [0.2, 0.25) is 10.0 Å². The Hall–Kier alpha value is -2.20. The summed E-state index contributed by atoms with van der Waals surface area (Å²) in [5, 5.41) is 9.88. The van der Waals surface area contributed by atoms with E-state index in [1.165, 1.54) is 30.6 Å². The summed E-state index contributed by atoms with van der Waals surface area (Å²) in [6, 6.07) is 5.83. The SMILES string of the molecule is O=C(O)[C@@H]1CN(S(=O)(=O)c2cccc3cnccc23)C[C@H]1C(F)(F)F. The largest absolute Gasteiger partial charge is 0.481 e. The Kier molecular flexibility index (Phi) is 4.20. The zero-order valence-electron chi connectivity index (χ0n) is 12.6. The summed E-state index contributed by atoms with van der Waals surface area (Å²) < 4.78 is 65.6. The van der Waals surface area contributed by atoms with Crippen LogP contribution in [0.4, 0.5) is 13.2 Å². The number of aliphatic carboxylic acids is 1. The summed E-state index contributed by atoms with van der Waals surface area (Å²) in [5.74, 6) is -5.73. The van der Waals surface area contributed by atoms with Crippen molar-refractivity contribution in [1.29, 1.82) is 0 Å². The van der Waals surface area contributed by atoms with Gasteiger partial charge in [-0.15, -0.1) is 0 Å². The quantitative estimate of drug-likeness (QED) is 0.889. The molecule has 0 spiro atoms. The average Bonchev–Trinajstić information content (AvgIpc) is 3.01. The number of hydrogen-bond acceptors (Lipinski definition) is 4. The summed E-state index contributed by atoms with van der Waals surface area (Å²) in [4.78, 5) is 14.9. The molecule has 3 rings (SSSR count). The summed E-state index contributed by atoms with van der Waals surface area (Å²) in [6.45, 7) is -1.63. The van der Waals surface area contributed by atoms with Crippen molar-refractivity contribution in [1.82, 2.24) is 9.29 Å². The first kappa shape index (κ1) is 17.6. The van der Waals surface area contributed by atoms with E-state index in [0.717, 1.165) is 0 Å². The maximum Gasteiger partial charge on any atom is 0.393 e. The van der Waals surface area contributed by atoms with Gasteiger partial charge < -0.3 is 5.11 Å². The highest BCUT2D eigenvalue weighted by Gasteiger charge is 2.55. The highest BCUT2D eigenvalue weighted by molar-refractivity contribution is 7.89. The lowest BCUT2D eigenvalue weighted by atomic mass is 9.96. The van der Waals surface area contributed by atoms with Gasteiger partial charge in [0.05, 0.1) is 16.7 Å². The number of pyridine rings is 1. The molecule has 2 heterocycles. The van der Waals surface area contributed by atoms with Crippen LogP contribution in [0.3, 0.4) is 0 Å². The first-order chi connectivity index (χ1) is 11.6. The number of carbonyl (C=O) groups is 1. The Labute approximate surface area is 140 Å². The van der Waals surface area contributed by atoms with Gasteiger partial charge in [0, 0.05) is 36.3 Å². The van der Waals surface area contributed by atoms with Crippen LogP contribution < -0.4 is 0 Å². The molecule has 1 fully saturated rings. The molecule has 6 nitrogen and oxygen atoms in total. The number of hydrogen-bond donors (Lipinski definition) is 1.